The van der Waals surface area contributed by atoms with Gasteiger partial charge in [0.05, 0.1) is 3.57 Å². The van der Waals surface area contributed by atoms with Crippen molar-refractivity contribution < 1.29 is 5.11 Å². The number of rotatable bonds is 17. The second-order valence-corrected chi connectivity index (χ2v) is 9.00. The summed E-state index contributed by atoms with van der Waals surface area (Å²) in [6.45, 7) is 2.29. The molecule has 26 heavy (non-hydrogen) atoms. The van der Waals surface area contributed by atoms with Gasteiger partial charge in [-0.3, -0.25) is 0 Å². The molecule has 0 spiro atoms. The molecule has 0 unspecified atom stereocenters. The quantitative estimate of drug-likeness (QED) is 0.177. The van der Waals surface area contributed by atoms with Crippen LogP contribution in [0.15, 0.2) is 18.2 Å². The smallest absolute Gasteiger partial charge is 0.129 e. The van der Waals surface area contributed by atoms with Gasteiger partial charge in [-0.2, -0.15) is 0 Å². The molecule has 0 aromatic heterocycles. The zero-order valence-electron chi connectivity index (χ0n) is 17.1. The zero-order valence-corrected chi connectivity index (χ0v) is 19.2. The molecule has 0 atom stereocenters. The van der Waals surface area contributed by atoms with E-state index in [4.69, 9.17) is 0 Å². The van der Waals surface area contributed by atoms with Gasteiger partial charge in [0, 0.05) is 0 Å². The number of benzene rings is 1. The lowest BCUT2D eigenvalue weighted by molar-refractivity contribution is 0.470. The second-order valence-electron chi connectivity index (χ2n) is 7.84. The molecule has 0 bridgehead atoms. The molecular weight excluding hydrogens is 431 g/mol. The Morgan fingerprint density at radius 2 is 1.08 bits per heavy atom. The van der Waals surface area contributed by atoms with Crippen LogP contribution in [-0.4, -0.2) is 5.11 Å². The summed E-state index contributed by atoms with van der Waals surface area (Å²) in [5, 5.41) is 9.73. The lowest BCUT2D eigenvalue weighted by Crippen LogP contribution is -1.87. The van der Waals surface area contributed by atoms with E-state index in [9.17, 15) is 5.11 Å². The Morgan fingerprint density at radius 3 is 1.50 bits per heavy atom. The highest BCUT2D eigenvalue weighted by Gasteiger charge is 2.00. The SMILES string of the molecule is CCCCCCCCCCCCCCCCCCc1ccc(I)c(O)c1. The van der Waals surface area contributed by atoms with E-state index in [1.165, 1.54) is 108 Å². The minimum absolute atomic E-state index is 0.430. The first-order valence-electron chi connectivity index (χ1n) is 11.2. The summed E-state index contributed by atoms with van der Waals surface area (Å²) in [6, 6.07) is 6.08. The lowest BCUT2D eigenvalue weighted by atomic mass is 10.0. The highest BCUT2D eigenvalue weighted by molar-refractivity contribution is 14.1. The number of hydrogen-bond acceptors (Lipinski definition) is 1. The molecule has 0 amide bonds. The highest BCUT2D eigenvalue weighted by Crippen LogP contribution is 2.22. The fourth-order valence-corrected chi connectivity index (χ4v) is 3.93. The van der Waals surface area contributed by atoms with Crippen molar-refractivity contribution in [1.29, 1.82) is 0 Å². The normalized spacial score (nSPS) is 11.2. The first-order chi connectivity index (χ1) is 12.7. The van der Waals surface area contributed by atoms with Gasteiger partial charge >= 0.3 is 0 Å². The van der Waals surface area contributed by atoms with E-state index in [0.29, 0.717) is 5.75 Å². The summed E-state index contributed by atoms with van der Waals surface area (Å²) in [5.74, 6) is 0.430. The maximum atomic E-state index is 9.73. The van der Waals surface area contributed by atoms with Crippen LogP contribution in [0.4, 0.5) is 0 Å². The number of unbranched alkanes of at least 4 members (excludes halogenated alkanes) is 15. The topological polar surface area (TPSA) is 20.2 Å². The third-order valence-electron chi connectivity index (χ3n) is 5.33. The number of hydrogen-bond donors (Lipinski definition) is 1. The summed E-state index contributed by atoms with van der Waals surface area (Å²) >= 11 is 2.17. The molecule has 1 N–H and O–H groups in total. The van der Waals surface area contributed by atoms with E-state index in [2.05, 4.69) is 35.6 Å². The minimum Gasteiger partial charge on any atom is -0.507 e. The number of aryl methyl sites for hydroxylation is 1. The van der Waals surface area contributed by atoms with Crippen molar-refractivity contribution in [3.05, 3.63) is 27.3 Å². The molecule has 150 valence electrons. The maximum absolute atomic E-state index is 9.73. The van der Waals surface area contributed by atoms with Crippen molar-refractivity contribution in [2.24, 2.45) is 0 Å². The van der Waals surface area contributed by atoms with Gasteiger partial charge in [0.2, 0.25) is 0 Å². The molecular formula is C24H41IO. The van der Waals surface area contributed by atoms with Crippen LogP contribution in [0.3, 0.4) is 0 Å². The predicted octanol–water partition coefficient (Wildman–Crippen LogP) is 8.80. The molecule has 2 heteroatoms. The van der Waals surface area contributed by atoms with Crippen LogP contribution in [-0.2, 0) is 6.42 Å². The van der Waals surface area contributed by atoms with Crippen LogP contribution in [0, 0.1) is 3.57 Å². The van der Waals surface area contributed by atoms with Crippen molar-refractivity contribution in [2.75, 3.05) is 0 Å². The van der Waals surface area contributed by atoms with Crippen LogP contribution in [0.25, 0.3) is 0 Å². The third kappa shape index (κ3) is 13.0. The Morgan fingerprint density at radius 1 is 0.654 bits per heavy atom. The van der Waals surface area contributed by atoms with Gasteiger partial charge in [-0.05, 0) is 53.1 Å². The van der Waals surface area contributed by atoms with Crippen LogP contribution in [0.1, 0.15) is 115 Å². The minimum atomic E-state index is 0.430. The maximum Gasteiger partial charge on any atom is 0.129 e. The molecule has 1 nitrogen and oxygen atoms in total. The van der Waals surface area contributed by atoms with E-state index in [-0.39, 0.29) is 0 Å². The van der Waals surface area contributed by atoms with Crippen molar-refractivity contribution in [3.8, 4) is 5.75 Å². The number of phenols is 1. The Bertz CT molecular complexity index is 444. The van der Waals surface area contributed by atoms with Crippen molar-refractivity contribution >= 4 is 22.6 Å². The average molecular weight is 472 g/mol. The first kappa shape index (κ1) is 23.8. The van der Waals surface area contributed by atoms with Gasteiger partial charge in [-0.25, -0.2) is 0 Å². The van der Waals surface area contributed by atoms with Gasteiger partial charge in [0.15, 0.2) is 0 Å². The van der Waals surface area contributed by atoms with E-state index in [1.54, 1.807) is 0 Å². The summed E-state index contributed by atoms with van der Waals surface area (Å²) in [5.41, 5.74) is 1.27. The van der Waals surface area contributed by atoms with Crippen LogP contribution >= 0.6 is 22.6 Å². The molecule has 0 saturated heterocycles. The number of aromatic hydroxyl groups is 1. The fraction of sp³-hybridized carbons (Fsp3) is 0.750. The molecule has 0 radical (unpaired) electrons. The average Bonchev–Trinajstić information content (AvgIpc) is 2.64. The monoisotopic (exact) mass is 472 g/mol. The molecule has 1 aromatic carbocycles. The predicted molar refractivity (Wildman–Crippen MR) is 124 cm³/mol. The van der Waals surface area contributed by atoms with E-state index in [1.807, 2.05) is 12.1 Å². The Balaban J connectivity index is 1.79. The van der Waals surface area contributed by atoms with Gasteiger partial charge < -0.3 is 5.11 Å². The lowest BCUT2D eigenvalue weighted by Gasteiger charge is -2.05. The van der Waals surface area contributed by atoms with Crippen molar-refractivity contribution in [3.63, 3.8) is 0 Å². The van der Waals surface area contributed by atoms with Crippen molar-refractivity contribution in [2.45, 2.75) is 116 Å². The Kier molecular flexibility index (Phi) is 15.5. The summed E-state index contributed by atoms with van der Waals surface area (Å²) in [4.78, 5) is 0. The molecule has 1 rings (SSSR count). The molecule has 0 aliphatic carbocycles. The summed E-state index contributed by atoms with van der Waals surface area (Å²) in [7, 11) is 0. The third-order valence-corrected chi connectivity index (χ3v) is 6.24. The first-order valence-corrected chi connectivity index (χ1v) is 12.3. The number of halogens is 1. The van der Waals surface area contributed by atoms with Gasteiger partial charge in [-0.15, -0.1) is 0 Å². The summed E-state index contributed by atoms with van der Waals surface area (Å²) in [6.07, 6.45) is 23.7. The fourth-order valence-electron chi connectivity index (χ4n) is 3.59. The molecule has 0 aliphatic heterocycles. The largest absolute Gasteiger partial charge is 0.507 e. The molecule has 0 fully saturated rings. The standard InChI is InChI=1S/C24H41IO/c1-2-3-4-5-6-7-8-9-10-11-12-13-14-15-16-17-18-22-19-20-23(25)24(26)21-22/h19-21,26H,2-18H2,1H3. The zero-order chi connectivity index (χ0) is 18.9. The Labute approximate surface area is 176 Å². The van der Waals surface area contributed by atoms with Gasteiger partial charge in [0.25, 0.3) is 0 Å². The van der Waals surface area contributed by atoms with Crippen LogP contribution < -0.4 is 0 Å². The van der Waals surface area contributed by atoms with Gasteiger partial charge in [-0.1, -0.05) is 109 Å². The molecule has 0 saturated carbocycles. The number of phenolic OH excluding ortho intramolecular Hbond substituents is 1. The molecule has 1 aromatic rings. The summed E-state index contributed by atoms with van der Waals surface area (Å²) < 4.78 is 0.943. The second kappa shape index (κ2) is 16.9. The van der Waals surface area contributed by atoms with Crippen LogP contribution in [0.5, 0.6) is 5.75 Å². The van der Waals surface area contributed by atoms with E-state index in [0.717, 1.165) is 9.99 Å². The molecule has 0 heterocycles. The van der Waals surface area contributed by atoms with Gasteiger partial charge in [0.1, 0.15) is 5.75 Å². The van der Waals surface area contributed by atoms with Crippen LogP contribution in [0.2, 0.25) is 0 Å². The van der Waals surface area contributed by atoms with E-state index >= 15 is 0 Å². The van der Waals surface area contributed by atoms with Crippen molar-refractivity contribution in [1.82, 2.24) is 0 Å². The molecule has 0 aliphatic rings. The highest BCUT2D eigenvalue weighted by atomic mass is 127. The van der Waals surface area contributed by atoms with E-state index < -0.39 is 0 Å². The Hall–Kier alpha value is -0.250.